The molecule has 3 nitrogen and oxygen atoms in total. The average Bonchev–Trinajstić information content (AvgIpc) is 2.22. The molecule has 0 bridgehead atoms. The number of rotatable bonds is 2. The second-order valence-electron chi connectivity index (χ2n) is 5.41. The molecule has 1 atom stereocenters. The summed E-state index contributed by atoms with van der Waals surface area (Å²) < 4.78 is 0. The summed E-state index contributed by atoms with van der Waals surface area (Å²) in [6, 6.07) is 0.435. The maximum absolute atomic E-state index is 6.00. The Morgan fingerprint density at radius 1 is 1.13 bits per heavy atom. The molecule has 2 saturated heterocycles. The van der Waals surface area contributed by atoms with E-state index in [2.05, 4.69) is 16.8 Å². The summed E-state index contributed by atoms with van der Waals surface area (Å²) in [4.78, 5) is 5.03. The van der Waals surface area contributed by atoms with Gasteiger partial charge in [-0.05, 0) is 58.3 Å². The Kier molecular flexibility index (Phi) is 4.00. The molecule has 2 N–H and O–H groups in total. The second kappa shape index (κ2) is 5.28. The van der Waals surface area contributed by atoms with Crippen molar-refractivity contribution in [2.24, 2.45) is 11.7 Å². The van der Waals surface area contributed by atoms with Gasteiger partial charge in [-0.25, -0.2) is 0 Å². The molecular weight excluding hydrogens is 186 g/mol. The summed E-state index contributed by atoms with van der Waals surface area (Å²) >= 11 is 0. The van der Waals surface area contributed by atoms with Crippen LogP contribution < -0.4 is 5.73 Å². The molecule has 2 fully saturated rings. The predicted octanol–water partition coefficient (Wildman–Crippen LogP) is 0.751. The molecule has 2 heterocycles. The van der Waals surface area contributed by atoms with Gasteiger partial charge in [0.25, 0.3) is 0 Å². The molecule has 0 aromatic heterocycles. The highest BCUT2D eigenvalue weighted by Gasteiger charge is 2.22. The minimum atomic E-state index is 0.435. The molecule has 0 aromatic rings. The molecule has 0 aliphatic carbocycles. The lowest BCUT2D eigenvalue weighted by atomic mass is 9.95. The van der Waals surface area contributed by atoms with Crippen LogP contribution in [0.5, 0.6) is 0 Å². The molecule has 2 aliphatic rings. The van der Waals surface area contributed by atoms with Crippen molar-refractivity contribution in [1.29, 1.82) is 0 Å². The Balaban J connectivity index is 1.71. The zero-order valence-corrected chi connectivity index (χ0v) is 9.99. The van der Waals surface area contributed by atoms with Crippen molar-refractivity contribution in [1.82, 2.24) is 9.80 Å². The first-order chi connectivity index (χ1) is 7.24. The fourth-order valence-electron chi connectivity index (χ4n) is 2.87. The van der Waals surface area contributed by atoms with Gasteiger partial charge in [-0.3, -0.25) is 0 Å². The molecule has 1 unspecified atom stereocenters. The Bertz CT molecular complexity index is 187. The van der Waals surface area contributed by atoms with Gasteiger partial charge in [0.2, 0.25) is 0 Å². The van der Waals surface area contributed by atoms with Crippen molar-refractivity contribution in [2.75, 3.05) is 39.8 Å². The van der Waals surface area contributed by atoms with Gasteiger partial charge < -0.3 is 15.5 Å². The number of nitrogens with zero attached hydrogens (tertiary/aromatic N) is 2. The van der Waals surface area contributed by atoms with Crippen molar-refractivity contribution in [3.63, 3.8) is 0 Å². The molecule has 0 spiro atoms. The number of likely N-dealkylation sites (tertiary alicyclic amines) is 2. The minimum Gasteiger partial charge on any atom is -0.327 e. The van der Waals surface area contributed by atoms with Crippen molar-refractivity contribution in [3.05, 3.63) is 0 Å². The SMILES string of the molecule is CN1CCC(CN2CCCC(N)C2)CC1. The third kappa shape index (κ3) is 3.44. The molecule has 2 aliphatic heterocycles. The molecule has 0 amide bonds. The van der Waals surface area contributed by atoms with Crippen LogP contribution in [0.1, 0.15) is 25.7 Å². The Hall–Kier alpha value is -0.120. The van der Waals surface area contributed by atoms with Crippen molar-refractivity contribution < 1.29 is 0 Å². The van der Waals surface area contributed by atoms with Gasteiger partial charge in [-0.2, -0.15) is 0 Å². The number of hydrogen-bond acceptors (Lipinski definition) is 3. The summed E-state index contributed by atoms with van der Waals surface area (Å²) in [5, 5.41) is 0. The normalized spacial score (nSPS) is 32.0. The highest BCUT2D eigenvalue weighted by atomic mass is 15.2. The summed E-state index contributed by atoms with van der Waals surface area (Å²) in [6.07, 6.45) is 5.28. The third-order valence-electron chi connectivity index (χ3n) is 3.90. The fourth-order valence-corrected chi connectivity index (χ4v) is 2.87. The predicted molar refractivity (Wildman–Crippen MR) is 63.9 cm³/mol. The van der Waals surface area contributed by atoms with Crippen molar-refractivity contribution in [2.45, 2.75) is 31.7 Å². The van der Waals surface area contributed by atoms with Gasteiger partial charge in [-0.1, -0.05) is 0 Å². The monoisotopic (exact) mass is 211 g/mol. The summed E-state index contributed by atoms with van der Waals surface area (Å²) in [7, 11) is 2.23. The summed E-state index contributed by atoms with van der Waals surface area (Å²) in [5.41, 5.74) is 6.00. The van der Waals surface area contributed by atoms with Crippen LogP contribution in [0, 0.1) is 5.92 Å². The van der Waals surface area contributed by atoms with Crippen LogP contribution in [0.15, 0.2) is 0 Å². The molecule has 15 heavy (non-hydrogen) atoms. The van der Waals surface area contributed by atoms with Crippen LogP contribution in [-0.4, -0.2) is 55.6 Å². The van der Waals surface area contributed by atoms with E-state index in [1.165, 1.54) is 51.9 Å². The fraction of sp³-hybridized carbons (Fsp3) is 1.00. The van der Waals surface area contributed by atoms with Crippen LogP contribution in [0.25, 0.3) is 0 Å². The van der Waals surface area contributed by atoms with Crippen molar-refractivity contribution >= 4 is 0 Å². The van der Waals surface area contributed by atoms with Gasteiger partial charge in [0.05, 0.1) is 0 Å². The molecule has 0 aromatic carbocycles. The molecule has 88 valence electrons. The minimum absolute atomic E-state index is 0.435. The largest absolute Gasteiger partial charge is 0.327 e. The van der Waals surface area contributed by atoms with Gasteiger partial charge >= 0.3 is 0 Å². The first-order valence-corrected chi connectivity index (χ1v) is 6.40. The van der Waals surface area contributed by atoms with Crippen LogP contribution in [0.3, 0.4) is 0 Å². The third-order valence-corrected chi connectivity index (χ3v) is 3.90. The Labute approximate surface area is 93.6 Å². The van der Waals surface area contributed by atoms with Gasteiger partial charge in [-0.15, -0.1) is 0 Å². The standard InChI is InChI=1S/C12H25N3/c1-14-7-4-11(5-8-14)9-15-6-2-3-12(13)10-15/h11-12H,2-10,13H2,1H3. The lowest BCUT2D eigenvalue weighted by Gasteiger charge is -2.36. The zero-order chi connectivity index (χ0) is 10.7. The second-order valence-corrected chi connectivity index (χ2v) is 5.41. The first kappa shape index (κ1) is 11.4. The van der Waals surface area contributed by atoms with Crippen LogP contribution in [0.4, 0.5) is 0 Å². The number of piperidine rings is 2. The van der Waals surface area contributed by atoms with E-state index in [9.17, 15) is 0 Å². The van der Waals surface area contributed by atoms with Gasteiger partial charge in [0.15, 0.2) is 0 Å². The smallest absolute Gasteiger partial charge is 0.0168 e. The van der Waals surface area contributed by atoms with E-state index < -0.39 is 0 Å². The van der Waals surface area contributed by atoms with Gasteiger partial charge in [0, 0.05) is 19.1 Å². The van der Waals surface area contributed by atoms with E-state index in [1.54, 1.807) is 0 Å². The van der Waals surface area contributed by atoms with Gasteiger partial charge in [0.1, 0.15) is 0 Å². The van der Waals surface area contributed by atoms with E-state index in [0.717, 1.165) is 12.5 Å². The topological polar surface area (TPSA) is 32.5 Å². The maximum Gasteiger partial charge on any atom is 0.0168 e. The highest BCUT2D eigenvalue weighted by Crippen LogP contribution is 2.19. The van der Waals surface area contributed by atoms with E-state index in [1.807, 2.05) is 0 Å². The molecule has 3 heteroatoms. The van der Waals surface area contributed by atoms with E-state index in [0.29, 0.717) is 6.04 Å². The van der Waals surface area contributed by atoms with Crippen LogP contribution in [-0.2, 0) is 0 Å². The van der Waals surface area contributed by atoms with E-state index in [-0.39, 0.29) is 0 Å². The molecular formula is C12H25N3. The summed E-state index contributed by atoms with van der Waals surface area (Å²) in [5.74, 6) is 0.923. The highest BCUT2D eigenvalue weighted by molar-refractivity contribution is 4.79. The Morgan fingerprint density at radius 2 is 1.87 bits per heavy atom. The quantitative estimate of drug-likeness (QED) is 0.731. The van der Waals surface area contributed by atoms with Crippen LogP contribution in [0.2, 0.25) is 0 Å². The lowest BCUT2D eigenvalue weighted by Crippen LogP contribution is -2.46. The lowest BCUT2D eigenvalue weighted by molar-refractivity contribution is 0.137. The molecule has 2 rings (SSSR count). The molecule has 0 radical (unpaired) electrons. The first-order valence-electron chi connectivity index (χ1n) is 6.40. The maximum atomic E-state index is 6.00. The van der Waals surface area contributed by atoms with E-state index >= 15 is 0 Å². The number of nitrogens with two attached hydrogens (primary N) is 1. The molecule has 0 saturated carbocycles. The average molecular weight is 211 g/mol. The summed E-state index contributed by atoms with van der Waals surface area (Å²) in [6.45, 7) is 6.27. The van der Waals surface area contributed by atoms with E-state index in [4.69, 9.17) is 5.73 Å². The zero-order valence-electron chi connectivity index (χ0n) is 9.99. The Morgan fingerprint density at radius 3 is 2.53 bits per heavy atom. The van der Waals surface area contributed by atoms with Crippen LogP contribution >= 0.6 is 0 Å². The number of hydrogen-bond donors (Lipinski definition) is 1. The van der Waals surface area contributed by atoms with Crippen molar-refractivity contribution in [3.8, 4) is 0 Å².